The number of hydrogen-bond donors (Lipinski definition) is 1. The predicted octanol–water partition coefficient (Wildman–Crippen LogP) is 2.97. The van der Waals surface area contributed by atoms with Crippen molar-refractivity contribution in [3.63, 3.8) is 0 Å². The lowest BCUT2D eigenvalue weighted by Crippen LogP contribution is -2.30. The summed E-state index contributed by atoms with van der Waals surface area (Å²) in [5.41, 5.74) is 0. The van der Waals surface area contributed by atoms with Crippen LogP contribution in [0.15, 0.2) is 0 Å². The number of likely N-dealkylation sites (N-methyl/N-ethyl adjacent to an activating group) is 1. The van der Waals surface area contributed by atoms with E-state index in [4.69, 9.17) is 12.2 Å². The number of aromatic amines is 1. The van der Waals surface area contributed by atoms with E-state index in [-0.39, 0.29) is 0 Å². The molecule has 1 rings (SSSR count). The largest absolute Gasteiger partial charge is 0.302 e. The van der Waals surface area contributed by atoms with Gasteiger partial charge in [-0.3, -0.25) is 9.67 Å². The zero-order valence-corrected chi connectivity index (χ0v) is 12.3. The number of nitrogens with one attached hydrogen (secondary N) is 1. The smallest absolute Gasteiger partial charge is 0.195 e. The van der Waals surface area contributed by atoms with Crippen LogP contribution in [0.4, 0.5) is 0 Å². The summed E-state index contributed by atoms with van der Waals surface area (Å²) in [4.78, 5) is 2.41. The SMILES string of the molecule is CCN(CC)CC(C)n1c(C(C)C)n[nH]c1=S. The van der Waals surface area contributed by atoms with Crippen molar-refractivity contribution < 1.29 is 0 Å². The van der Waals surface area contributed by atoms with Crippen LogP contribution in [0.3, 0.4) is 0 Å². The fraction of sp³-hybridized carbons (Fsp3) is 0.833. The van der Waals surface area contributed by atoms with Crippen molar-refractivity contribution in [3.8, 4) is 0 Å². The average molecular weight is 256 g/mol. The molecule has 1 N–H and O–H groups in total. The molecule has 0 saturated heterocycles. The summed E-state index contributed by atoms with van der Waals surface area (Å²) >= 11 is 5.32. The van der Waals surface area contributed by atoms with Crippen LogP contribution in [0.25, 0.3) is 0 Å². The number of aromatic nitrogens is 3. The summed E-state index contributed by atoms with van der Waals surface area (Å²) in [6.07, 6.45) is 0. The Morgan fingerprint density at radius 1 is 1.29 bits per heavy atom. The van der Waals surface area contributed by atoms with Crippen molar-refractivity contribution in [2.45, 2.75) is 46.6 Å². The molecule has 0 spiro atoms. The van der Waals surface area contributed by atoms with Gasteiger partial charge in [-0.05, 0) is 32.2 Å². The predicted molar refractivity (Wildman–Crippen MR) is 74.0 cm³/mol. The Bertz CT molecular complexity index is 389. The van der Waals surface area contributed by atoms with Crippen LogP contribution in [-0.2, 0) is 0 Å². The third kappa shape index (κ3) is 3.39. The lowest BCUT2D eigenvalue weighted by Gasteiger charge is -2.24. The van der Waals surface area contributed by atoms with Crippen molar-refractivity contribution in [2.75, 3.05) is 19.6 Å². The zero-order valence-electron chi connectivity index (χ0n) is 11.5. The second kappa shape index (κ2) is 6.31. The molecule has 17 heavy (non-hydrogen) atoms. The second-order valence-corrected chi connectivity index (χ2v) is 5.13. The maximum absolute atomic E-state index is 5.32. The first-order valence-electron chi connectivity index (χ1n) is 6.40. The molecule has 0 aliphatic rings. The lowest BCUT2D eigenvalue weighted by atomic mass is 10.2. The normalized spacial score (nSPS) is 13.6. The molecule has 0 amide bonds. The van der Waals surface area contributed by atoms with Gasteiger partial charge in [-0.25, -0.2) is 0 Å². The Kier molecular flexibility index (Phi) is 5.33. The summed E-state index contributed by atoms with van der Waals surface area (Å²) in [6.45, 7) is 14.0. The van der Waals surface area contributed by atoms with E-state index in [1.807, 2.05) is 0 Å². The molecule has 0 fully saturated rings. The van der Waals surface area contributed by atoms with Gasteiger partial charge in [-0.15, -0.1) is 0 Å². The minimum absolute atomic E-state index is 0.360. The van der Waals surface area contributed by atoms with E-state index in [1.54, 1.807) is 0 Å². The zero-order chi connectivity index (χ0) is 13.0. The first-order chi connectivity index (χ1) is 8.01. The minimum Gasteiger partial charge on any atom is -0.302 e. The van der Waals surface area contributed by atoms with Crippen molar-refractivity contribution in [3.05, 3.63) is 10.6 Å². The Hall–Kier alpha value is -0.680. The summed E-state index contributed by atoms with van der Waals surface area (Å²) < 4.78 is 2.88. The molecule has 0 aliphatic carbocycles. The van der Waals surface area contributed by atoms with Gasteiger partial charge >= 0.3 is 0 Å². The quantitative estimate of drug-likeness (QED) is 0.795. The fourth-order valence-corrected chi connectivity index (χ4v) is 2.41. The average Bonchev–Trinajstić information content (AvgIpc) is 2.67. The fourth-order valence-electron chi connectivity index (χ4n) is 2.09. The maximum atomic E-state index is 5.32. The van der Waals surface area contributed by atoms with Gasteiger partial charge in [-0.2, -0.15) is 5.10 Å². The Labute approximate surface area is 109 Å². The van der Waals surface area contributed by atoms with Gasteiger partial charge < -0.3 is 4.90 Å². The highest BCUT2D eigenvalue weighted by Crippen LogP contribution is 2.17. The van der Waals surface area contributed by atoms with Gasteiger partial charge in [0.15, 0.2) is 4.77 Å². The Morgan fingerprint density at radius 3 is 2.35 bits per heavy atom. The standard InChI is InChI=1S/C12H24N4S/c1-6-15(7-2)8-10(5)16-11(9(3)4)13-14-12(16)17/h9-10H,6-8H2,1-5H3,(H,14,17). The van der Waals surface area contributed by atoms with Gasteiger partial charge in [0.25, 0.3) is 0 Å². The first-order valence-corrected chi connectivity index (χ1v) is 6.81. The molecule has 4 nitrogen and oxygen atoms in total. The van der Waals surface area contributed by atoms with Gasteiger partial charge in [-0.1, -0.05) is 27.7 Å². The van der Waals surface area contributed by atoms with E-state index in [1.165, 1.54) is 0 Å². The lowest BCUT2D eigenvalue weighted by molar-refractivity contribution is 0.257. The van der Waals surface area contributed by atoms with E-state index >= 15 is 0 Å². The first kappa shape index (κ1) is 14.4. The number of nitrogens with zero attached hydrogens (tertiary/aromatic N) is 3. The molecule has 1 unspecified atom stereocenters. The molecule has 0 bridgehead atoms. The van der Waals surface area contributed by atoms with E-state index in [2.05, 4.69) is 54.3 Å². The monoisotopic (exact) mass is 256 g/mol. The molecule has 5 heteroatoms. The van der Waals surface area contributed by atoms with Gasteiger partial charge in [0, 0.05) is 18.5 Å². The molecule has 1 heterocycles. The second-order valence-electron chi connectivity index (χ2n) is 4.75. The Balaban J connectivity index is 2.91. The summed E-state index contributed by atoms with van der Waals surface area (Å²) in [5.74, 6) is 1.44. The van der Waals surface area contributed by atoms with E-state index in [9.17, 15) is 0 Å². The minimum atomic E-state index is 0.360. The third-order valence-electron chi connectivity index (χ3n) is 3.11. The van der Waals surface area contributed by atoms with Crippen LogP contribution in [-0.4, -0.2) is 39.3 Å². The van der Waals surface area contributed by atoms with Gasteiger partial charge in [0.05, 0.1) is 0 Å². The highest BCUT2D eigenvalue weighted by Gasteiger charge is 2.16. The van der Waals surface area contributed by atoms with E-state index in [0.29, 0.717) is 12.0 Å². The molecular formula is C12H24N4S. The highest BCUT2D eigenvalue weighted by molar-refractivity contribution is 7.71. The van der Waals surface area contributed by atoms with Crippen molar-refractivity contribution in [1.29, 1.82) is 0 Å². The topological polar surface area (TPSA) is 36.9 Å². The van der Waals surface area contributed by atoms with Crippen LogP contribution in [0.2, 0.25) is 0 Å². The number of hydrogen-bond acceptors (Lipinski definition) is 3. The van der Waals surface area contributed by atoms with Crippen molar-refractivity contribution in [1.82, 2.24) is 19.7 Å². The third-order valence-corrected chi connectivity index (χ3v) is 3.39. The Morgan fingerprint density at radius 2 is 1.88 bits per heavy atom. The summed E-state index contributed by atoms with van der Waals surface area (Å²) in [6, 6.07) is 0.360. The summed E-state index contributed by atoms with van der Waals surface area (Å²) in [7, 11) is 0. The van der Waals surface area contributed by atoms with E-state index in [0.717, 1.165) is 30.2 Å². The maximum Gasteiger partial charge on any atom is 0.195 e. The summed E-state index contributed by atoms with van der Waals surface area (Å²) in [5, 5.41) is 7.23. The number of rotatable bonds is 6. The van der Waals surface area contributed by atoms with Crippen LogP contribution in [0, 0.1) is 4.77 Å². The highest BCUT2D eigenvalue weighted by atomic mass is 32.1. The number of H-pyrrole nitrogens is 1. The molecule has 0 aromatic carbocycles. The van der Waals surface area contributed by atoms with Crippen LogP contribution in [0.5, 0.6) is 0 Å². The molecule has 1 aromatic rings. The van der Waals surface area contributed by atoms with Crippen LogP contribution < -0.4 is 0 Å². The van der Waals surface area contributed by atoms with Gasteiger partial charge in [0.1, 0.15) is 5.82 Å². The van der Waals surface area contributed by atoms with Crippen LogP contribution >= 0.6 is 12.2 Å². The molecular weight excluding hydrogens is 232 g/mol. The van der Waals surface area contributed by atoms with Crippen molar-refractivity contribution in [2.24, 2.45) is 0 Å². The van der Waals surface area contributed by atoms with Crippen LogP contribution in [0.1, 0.15) is 52.4 Å². The van der Waals surface area contributed by atoms with Crippen molar-refractivity contribution >= 4 is 12.2 Å². The molecule has 1 aromatic heterocycles. The molecule has 0 radical (unpaired) electrons. The van der Waals surface area contributed by atoms with E-state index < -0.39 is 0 Å². The molecule has 98 valence electrons. The molecule has 0 aliphatic heterocycles. The molecule has 1 atom stereocenters. The van der Waals surface area contributed by atoms with Gasteiger partial charge in [0.2, 0.25) is 0 Å². The molecule has 0 saturated carbocycles.